The standard InChI is InChI=1S/C21H25FN4O2/c22-18-4-2-17(3-5-18)14-19(27)25-10-6-21(7-11-25)15-26(12-13-28-16-21)20-23-8-1-9-24-20/h1-5,8-9H,6-7,10-16H2. The first kappa shape index (κ1) is 18.8. The van der Waals surface area contributed by atoms with Crippen LogP contribution in [0.4, 0.5) is 10.3 Å². The minimum atomic E-state index is -0.281. The average molecular weight is 384 g/mol. The molecule has 2 aliphatic rings. The summed E-state index contributed by atoms with van der Waals surface area (Å²) >= 11 is 0. The highest BCUT2D eigenvalue weighted by atomic mass is 19.1. The first-order valence-corrected chi connectivity index (χ1v) is 9.76. The molecule has 7 heteroatoms. The molecule has 28 heavy (non-hydrogen) atoms. The minimum Gasteiger partial charge on any atom is -0.379 e. The molecule has 2 aliphatic heterocycles. The molecule has 3 heterocycles. The molecule has 4 rings (SSSR count). The first-order valence-electron chi connectivity index (χ1n) is 9.76. The van der Waals surface area contributed by atoms with Gasteiger partial charge in [0.2, 0.25) is 11.9 Å². The lowest BCUT2D eigenvalue weighted by Crippen LogP contribution is -2.49. The Bertz CT molecular complexity index is 792. The zero-order valence-electron chi connectivity index (χ0n) is 15.9. The number of hydrogen-bond donors (Lipinski definition) is 0. The molecule has 0 bridgehead atoms. The molecular formula is C21H25FN4O2. The van der Waals surface area contributed by atoms with E-state index in [1.54, 1.807) is 24.5 Å². The third-order valence-electron chi connectivity index (χ3n) is 5.72. The van der Waals surface area contributed by atoms with Crippen LogP contribution in [-0.4, -0.2) is 60.2 Å². The summed E-state index contributed by atoms with van der Waals surface area (Å²) in [5, 5.41) is 0. The molecule has 148 valence electrons. The van der Waals surface area contributed by atoms with Crippen LogP contribution in [0.15, 0.2) is 42.7 Å². The Balaban J connectivity index is 1.37. The lowest BCUT2D eigenvalue weighted by molar-refractivity contribution is -0.133. The summed E-state index contributed by atoms with van der Waals surface area (Å²) in [6, 6.07) is 7.97. The fraction of sp³-hybridized carbons (Fsp3) is 0.476. The van der Waals surface area contributed by atoms with Crippen molar-refractivity contribution in [3.8, 4) is 0 Å². The van der Waals surface area contributed by atoms with Gasteiger partial charge in [0.05, 0.1) is 19.6 Å². The Morgan fingerprint density at radius 2 is 1.82 bits per heavy atom. The molecule has 1 aromatic carbocycles. The Hall–Kier alpha value is -2.54. The average Bonchev–Trinajstić information content (AvgIpc) is 2.94. The Kier molecular flexibility index (Phi) is 5.52. The van der Waals surface area contributed by atoms with E-state index in [4.69, 9.17) is 4.74 Å². The van der Waals surface area contributed by atoms with E-state index in [1.165, 1.54) is 12.1 Å². The summed E-state index contributed by atoms with van der Waals surface area (Å²) in [5.74, 6) is 0.554. The van der Waals surface area contributed by atoms with Crippen LogP contribution in [0.25, 0.3) is 0 Å². The maximum Gasteiger partial charge on any atom is 0.226 e. The normalized spacial score (nSPS) is 19.5. The Morgan fingerprint density at radius 1 is 1.11 bits per heavy atom. The topological polar surface area (TPSA) is 58.6 Å². The highest BCUT2D eigenvalue weighted by Crippen LogP contribution is 2.35. The summed E-state index contributed by atoms with van der Waals surface area (Å²) < 4.78 is 19.0. The zero-order valence-corrected chi connectivity index (χ0v) is 15.9. The lowest BCUT2D eigenvalue weighted by Gasteiger charge is -2.42. The van der Waals surface area contributed by atoms with Crippen LogP contribution in [0.3, 0.4) is 0 Å². The number of piperidine rings is 1. The summed E-state index contributed by atoms with van der Waals surface area (Å²) in [5.41, 5.74) is 0.861. The van der Waals surface area contributed by atoms with Gasteiger partial charge in [0.1, 0.15) is 5.82 Å². The van der Waals surface area contributed by atoms with Gasteiger partial charge in [-0.1, -0.05) is 12.1 Å². The van der Waals surface area contributed by atoms with Gasteiger partial charge in [0.15, 0.2) is 0 Å². The van der Waals surface area contributed by atoms with Gasteiger partial charge in [0, 0.05) is 44.0 Å². The quantitative estimate of drug-likeness (QED) is 0.813. The monoisotopic (exact) mass is 384 g/mol. The van der Waals surface area contributed by atoms with E-state index < -0.39 is 0 Å². The van der Waals surface area contributed by atoms with Crippen molar-refractivity contribution in [2.75, 3.05) is 44.3 Å². The van der Waals surface area contributed by atoms with E-state index in [0.717, 1.165) is 37.4 Å². The Morgan fingerprint density at radius 3 is 2.54 bits per heavy atom. The fourth-order valence-electron chi connectivity index (χ4n) is 4.04. The predicted octanol–water partition coefficient (Wildman–Crippen LogP) is 2.30. The molecule has 2 aromatic rings. The highest BCUT2D eigenvalue weighted by Gasteiger charge is 2.39. The molecule has 0 saturated carbocycles. The van der Waals surface area contributed by atoms with Gasteiger partial charge >= 0.3 is 0 Å². The van der Waals surface area contributed by atoms with Crippen LogP contribution in [0.5, 0.6) is 0 Å². The second-order valence-electron chi connectivity index (χ2n) is 7.71. The van der Waals surface area contributed by atoms with Gasteiger partial charge in [-0.15, -0.1) is 0 Å². The molecule has 1 aromatic heterocycles. The van der Waals surface area contributed by atoms with Crippen LogP contribution >= 0.6 is 0 Å². The van der Waals surface area contributed by atoms with Gasteiger partial charge in [0.25, 0.3) is 0 Å². The number of carbonyl (C=O) groups excluding carboxylic acids is 1. The molecule has 0 unspecified atom stereocenters. The summed E-state index contributed by atoms with van der Waals surface area (Å²) in [6.45, 7) is 4.42. The molecule has 2 saturated heterocycles. The summed E-state index contributed by atoms with van der Waals surface area (Å²) in [4.78, 5) is 25.5. The SMILES string of the molecule is O=C(Cc1ccc(F)cc1)N1CCC2(CC1)COCCN(c1ncccn1)C2. The van der Waals surface area contributed by atoms with Gasteiger partial charge in [-0.2, -0.15) is 0 Å². The minimum absolute atomic E-state index is 0.0162. The van der Waals surface area contributed by atoms with E-state index in [-0.39, 0.29) is 17.1 Å². The van der Waals surface area contributed by atoms with Crippen molar-refractivity contribution in [3.05, 3.63) is 54.1 Å². The number of hydrogen-bond acceptors (Lipinski definition) is 5. The van der Waals surface area contributed by atoms with Crippen molar-refractivity contribution in [2.45, 2.75) is 19.3 Å². The number of aromatic nitrogens is 2. The number of halogens is 1. The van der Waals surface area contributed by atoms with E-state index in [2.05, 4.69) is 14.9 Å². The van der Waals surface area contributed by atoms with Crippen molar-refractivity contribution in [1.29, 1.82) is 0 Å². The molecule has 0 aliphatic carbocycles. The van der Waals surface area contributed by atoms with Crippen LogP contribution in [-0.2, 0) is 16.0 Å². The maximum absolute atomic E-state index is 13.0. The van der Waals surface area contributed by atoms with E-state index >= 15 is 0 Å². The molecule has 0 atom stereocenters. The number of nitrogens with zero attached hydrogens (tertiary/aromatic N) is 4. The molecule has 0 N–H and O–H groups in total. The predicted molar refractivity (Wildman–Crippen MR) is 103 cm³/mol. The first-order chi connectivity index (χ1) is 13.6. The number of ether oxygens (including phenoxy) is 1. The number of amides is 1. The smallest absolute Gasteiger partial charge is 0.226 e. The number of carbonyl (C=O) groups is 1. The second-order valence-corrected chi connectivity index (χ2v) is 7.71. The van der Waals surface area contributed by atoms with Crippen molar-refractivity contribution in [2.24, 2.45) is 5.41 Å². The third-order valence-corrected chi connectivity index (χ3v) is 5.72. The number of anilines is 1. The molecule has 1 spiro atoms. The second kappa shape index (κ2) is 8.22. The van der Waals surface area contributed by atoms with Gasteiger partial charge in [-0.3, -0.25) is 4.79 Å². The maximum atomic E-state index is 13.0. The summed E-state index contributed by atoms with van der Waals surface area (Å²) in [7, 11) is 0. The van der Waals surface area contributed by atoms with E-state index in [0.29, 0.717) is 32.7 Å². The van der Waals surface area contributed by atoms with Crippen LogP contribution < -0.4 is 4.90 Å². The van der Waals surface area contributed by atoms with Gasteiger partial charge in [-0.25, -0.2) is 14.4 Å². The van der Waals surface area contributed by atoms with Crippen LogP contribution in [0.2, 0.25) is 0 Å². The molecule has 0 radical (unpaired) electrons. The Labute approximate surface area is 164 Å². The zero-order chi connectivity index (χ0) is 19.4. The number of rotatable bonds is 3. The molecule has 6 nitrogen and oxygen atoms in total. The van der Waals surface area contributed by atoms with Crippen molar-refractivity contribution in [3.63, 3.8) is 0 Å². The van der Waals surface area contributed by atoms with Crippen LogP contribution in [0.1, 0.15) is 18.4 Å². The lowest BCUT2D eigenvalue weighted by atomic mass is 9.78. The van der Waals surface area contributed by atoms with E-state index in [1.807, 2.05) is 11.0 Å². The number of likely N-dealkylation sites (tertiary alicyclic amines) is 1. The highest BCUT2D eigenvalue weighted by molar-refractivity contribution is 5.78. The van der Waals surface area contributed by atoms with Crippen molar-refractivity contribution >= 4 is 11.9 Å². The van der Waals surface area contributed by atoms with Crippen molar-refractivity contribution in [1.82, 2.24) is 14.9 Å². The van der Waals surface area contributed by atoms with E-state index in [9.17, 15) is 9.18 Å². The summed E-state index contributed by atoms with van der Waals surface area (Å²) in [6.07, 6.45) is 5.62. The number of benzene rings is 1. The fourth-order valence-corrected chi connectivity index (χ4v) is 4.04. The largest absolute Gasteiger partial charge is 0.379 e. The van der Waals surface area contributed by atoms with Gasteiger partial charge in [-0.05, 0) is 36.6 Å². The molecule has 2 fully saturated rings. The van der Waals surface area contributed by atoms with Crippen LogP contribution in [0, 0.1) is 11.2 Å². The molecule has 1 amide bonds. The molecular weight excluding hydrogens is 359 g/mol. The van der Waals surface area contributed by atoms with Crippen molar-refractivity contribution < 1.29 is 13.9 Å². The third kappa shape index (κ3) is 4.30. The van der Waals surface area contributed by atoms with Gasteiger partial charge < -0.3 is 14.5 Å².